The molecule has 30 heavy (non-hydrogen) atoms. The summed E-state index contributed by atoms with van der Waals surface area (Å²) in [5.41, 5.74) is 0.401. The van der Waals surface area contributed by atoms with Gasteiger partial charge in [-0.25, -0.2) is 8.42 Å². The summed E-state index contributed by atoms with van der Waals surface area (Å²) < 4.78 is 28.6. The lowest BCUT2D eigenvalue weighted by Gasteiger charge is -2.25. The van der Waals surface area contributed by atoms with Gasteiger partial charge in [-0.1, -0.05) is 24.6 Å². The average molecular weight is 447 g/mol. The number of para-hydroxylation sites is 1. The van der Waals surface area contributed by atoms with Crippen molar-refractivity contribution in [1.82, 2.24) is 24.5 Å². The number of aromatic nitrogens is 4. The fraction of sp³-hybridized carbons (Fsp3) is 0.278. The molecule has 156 valence electrons. The van der Waals surface area contributed by atoms with Crippen LogP contribution in [0.15, 0.2) is 63.5 Å². The highest BCUT2D eigenvalue weighted by Gasteiger charge is 2.29. The molecule has 2 aromatic carbocycles. The maximum Gasteiger partial charge on any atom is 0.284 e. The molecule has 1 saturated heterocycles. The van der Waals surface area contributed by atoms with Crippen molar-refractivity contribution in [1.29, 1.82) is 0 Å². The van der Waals surface area contributed by atoms with E-state index in [2.05, 4.69) is 15.5 Å². The second-order valence-corrected chi connectivity index (χ2v) is 9.61. The number of nitrogens with zero attached hydrogens (tertiary/aromatic N) is 6. The molecule has 0 spiro atoms. The zero-order valence-electron chi connectivity index (χ0n) is 15.8. The number of tetrazole rings is 1. The number of benzene rings is 2. The Labute approximate surface area is 177 Å². The lowest BCUT2D eigenvalue weighted by atomic mass is 10.2. The minimum Gasteiger partial charge on any atom is -0.258 e. The van der Waals surface area contributed by atoms with Gasteiger partial charge in [0.1, 0.15) is 0 Å². The number of hydrogen-bond acceptors (Lipinski definition) is 8. The lowest BCUT2D eigenvalue weighted by Crippen LogP contribution is -2.35. The molecule has 0 amide bonds. The molecule has 0 unspecified atom stereocenters. The Hall–Kier alpha value is -2.83. The second kappa shape index (κ2) is 8.50. The molecule has 12 heteroatoms. The van der Waals surface area contributed by atoms with Gasteiger partial charge in [0.05, 0.1) is 20.4 Å². The first-order valence-corrected chi connectivity index (χ1v) is 11.5. The monoisotopic (exact) mass is 446 g/mol. The van der Waals surface area contributed by atoms with Crippen LogP contribution in [0.2, 0.25) is 0 Å². The van der Waals surface area contributed by atoms with Crippen LogP contribution in [0.5, 0.6) is 0 Å². The predicted molar refractivity (Wildman–Crippen MR) is 109 cm³/mol. The number of piperidine rings is 1. The van der Waals surface area contributed by atoms with Gasteiger partial charge in [0, 0.05) is 19.2 Å². The average Bonchev–Trinajstić information content (AvgIpc) is 3.23. The third-order valence-electron chi connectivity index (χ3n) is 4.72. The molecule has 1 aliphatic heterocycles. The van der Waals surface area contributed by atoms with E-state index < -0.39 is 14.9 Å². The summed E-state index contributed by atoms with van der Waals surface area (Å²) >= 11 is 1.00. The van der Waals surface area contributed by atoms with E-state index in [0.29, 0.717) is 23.9 Å². The third-order valence-corrected chi connectivity index (χ3v) is 7.62. The Bertz CT molecular complexity index is 1160. The molecule has 0 radical (unpaired) electrons. The van der Waals surface area contributed by atoms with Crippen LogP contribution >= 0.6 is 11.8 Å². The van der Waals surface area contributed by atoms with Crippen LogP contribution in [-0.4, -0.2) is 50.9 Å². The molecule has 1 aromatic heterocycles. The Kier molecular flexibility index (Phi) is 5.79. The fourth-order valence-electron chi connectivity index (χ4n) is 3.21. The first-order chi connectivity index (χ1) is 14.5. The zero-order valence-corrected chi connectivity index (χ0v) is 17.4. The maximum atomic E-state index is 12.9. The molecule has 3 aromatic rings. The van der Waals surface area contributed by atoms with Gasteiger partial charge in [0.2, 0.25) is 15.2 Å². The molecule has 0 N–H and O–H groups in total. The van der Waals surface area contributed by atoms with Gasteiger partial charge >= 0.3 is 0 Å². The molecule has 10 nitrogen and oxygen atoms in total. The van der Waals surface area contributed by atoms with Crippen molar-refractivity contribution >= 4 is 27.5 Å². The zero-order chi connectivity index (χ0) is 21.1. The fourth-order valence-corrected chi connectivity index (χ4v) is 5.63. The van der Waals surface area contributed by atoms with Crippen molar-refractivity contribution in [2.45, 2.75) is 34.2 Å². The molecule has 1 fully saturated rings. The van der Waals surface area contributed by atoms with Crippen molar-refractivity contribution in [3.8, 4) is 5.69 Å². The molecule has 0 bridgehead atoms. The van der Waals surface area contributed by atoms with Crippen LogP contribution in [-0.2, 0) is 10.0 Å². The SMILES string of the molecule is O=[N+]([O-])c1cc(S(=O)(=O)N2CCCCC2)ccc1Sc1nnnn1-c1ccccc1. The van der Waals surface area contributed by atoms with Crippen LogP contribution < -0.4 is 0 Å². The first-order valence-electron chi connectivity index (χ1n) is 9.27. The summed E-state index contributed by atoms with van der Waals surface area (Å²) in [5, 5.41) is 23.6. The summed E-state index contributed by atoms with van der Waals surface area (Å²) in [6.45, 7) is 0.858. The molecular formula is C18H18N6O4S2. The first kappa shape index (κ1) is 20.4. The molecule has 4 rings (SSSR count). The Morgan fingerprint density at radius 1 is 1.03 bits per heavy atom. The maximum absolute atomic E-state index is 12.9. The smallest absolute Gasteiger partial charge is 0.258 e. The van der Waals surface area contributed by atoms with Gasteiger partial charge in [0.15, 0.2) is 0 Å². The predicted octanol–water partition coefficient (Wildman–Crippen LogP) is 2.90. The van der Waals surface area contributed by atoms with Crippen LogP contribution in [0.1, 0.15) is 19.3 Å². The second-order valence-electron chi connectivity index (χ2n) is 6.66. The van der Waals surface area contributed by atoms with E-state index in [-0.39, 0.29) is 15.5 Å². The van der Waals surface area contributed by atoms with E-state index in [0.717, 1.165) is 37.1 Å². The minimum atomic E-state index is -3.77. The van der Waals surface area contributed by atoms with Crippen molar-refractivity contribution in [3.05, 3.63) is 58.6 Å². The van der Waals surface area contributed by atoms with Gasteiger partial charge in [-0.2, -0.15) is 8.99 Å². The molecule has 1 aliphatic rings. The quantitative estimate of drug-likeness (QED) is 0.418. The van der Waals surface area contributed by atoms with Gasteiger partial charge in [0.25, 0.3) is 5.69 Å². The van der Waals surface area contributed by atoms with E-state index in [1.807, 2.05) is 30.3 Å². The Balaban J connectivity index is 1.68. The van der Waals surface area contributed by atoms with E-state index >= 15 is 0 Å². The number of hydrogen-bond donors (Lipinski definition) is 0. The number of rotatable bonds is 6. The largest absolute Gasteiger partial charge is 0.284 e. The molecule has 0 aliphatic carbocycles. The van der Waals surface area contributed by atoms with Gasteiger partial charge in [-0.3, -0.25) is 10.1 Å². The van der Waals surface area contributed by atoms with Gasteiger partial charge < -0.3 is 0 Å². The van der Waals surface area contributed by atoms with E-state index in [4.69, 9.17) is 0 Å². The number of sulfonamides is 1. The van der Waals surface area contributed by atoms with Crippen LogP contribution in [0.25, 0.3) is 5.69 Å². The lowest BCUT2D eigenvalue weighted by molar-refractivity contribution is -0.388. The van der Waals surface area contributed by atoms with Gasteiger partial charge in [-0.05, 0) is 59.3 Å². The normalized spacial score (nSPS) is 15.2. The molecule has 2 heterocycles. The summed E-state index contributed by atoms with van der Waals surface area (Å²) in [5.74, 6) is 0. The summed E-state index contributed by atoms with van der Waals surface area (Å²) in [4.78, 5) is 11.3. The number of nitro groups is 1. The van der Waals surface area contributed by atoms with Crippen molar-refractivity contribution < 1.29 is 13.3 Å². The van der Waals surface area contributed by atoms with E-state index in [9.17, 15) is 18.5 Å². The van der Waals surface area contributed by atoms with E-state index in [1.165, 1.54) is 21.1 Å². The minimum absolute atomic E-state index is 0.0805. The summed E-state index contributed by atoms with van der Waals surface area (Å²) in [7, 11) is -3.77. The van der Waals surface area contributed by atoms with Gasteiger partial charge in [-0.15, -0.1) is 5.10 Å². The highest BCUT2D eigenvalue weighted by molar-refractivity contribution is 7.99. The van der Waals surface area contributed by atoms with Crippen molar-refractivity contribution in [2.75, 3.05) is 13.1 Å². The summed E-state index contributed by atoms with van der Waals surface area (Å²) in [6, 6.07) is 13.1. The van der Waals surface area contributed by atoms with Crippen molar-refractivity contribution in [2.24, 2.45) is 0 Å². The Morgan fingerprint density at radius 2 is 1.77 bits per heavy atom. The number of nitro benzene ring substituents is 1. The van der Waals surface area contributed by atoms with E-state index in [1.54, 1.807) is 0 Å². The molecule has 0 saturated carbocycles. The van der Waals surface area contributed by atoms with Crippen molar-refractivity contribution in [3.63, 3.8) is 0 Å². The Morgan fingerprint density at radius 3 is 2.47 bits per heavy atom. The topological polar surface area (TPSA) is 124 Å². The van der Waals surface area contributed by atoms with Crippen LogP contribution in [0.3, 0.4) is 0 Å². The molecule has 0 atom stereocenters. The summed E-state index contributed by atoms with van der Waals surface area (Å²) in [6.07, 6.45) is 2.56. The molecular weight excluding hydrogens is 428 g/mol. The highest BCUT2D eigenvalue weighted by Crippen LogP contribution is 2.36. The standard InChI is InChI=1S/C18H18N6O4S2/c25-24(26)16-13-15(30(27,28)22-11-5-2-6-12-22)9-10-17(16)29-18-19-20-21-23(18)14-7-3-1-4-8-14/h1,3-4,7-10,13H,2,5-6,11-12H2. The van der Waals surface area contributed by atoms with Crippen LogP contribution in [0.4, 0.5) is 5.69 Å². The third kappa shape index (κ3) is 4.06. The highest BCUT2D eigenvalue weighted by atomic mass is 32.2. The van der Waals surface area contributed by atoms with Crippen LogP contribution in [0, 0.1) is 10.1 Å².